The van der Waals surface area contributed by atoms with E-state index in [0.717, 1.165) is 38.9 Å². The number of hydrogen-bond donors (Lipinski definition) is 2. The van der Waals surface area contributed by atoms with Crippen molar-refractivity contribution in [3.8, 4) is 0 Å². The van der Waals surface area contributed by atoms with Gasteiger partial charge in [-0.25, -0.2) is 10.4 Å². The summed E-state index contributed by atoms with van der Waals surface area (Å²) in [5, 5.41) is 4.70. The van der Waals surface area contributed by atoms with Gasteiger partial charge >= 0.3 is 0 Å². The molecule has 7 nitrogen and oxygen atoms in total. The number of benzene rings is 4. The molecule has 2 unspecified atom stereocenters. The number of aromatic nitrogens is 2. The third-order valence-corrected chi connectivity index (χ3v) is 8.79. The topological polar surface area (TPSA) is 90.5 Å². The summed E-state index contributed by atoms with van der Waals surface area (Å²) in [6.07, 6.45) is 1.84. The first kappa shape index (κ1) is 22.9. The molecule has 3 aliphatic carbocycles. The predicted octanol–water partition coefficient (Wildman–Crippen LogP) is 5.21. The Labute approximate surface area is 230 Å². The number of carbonyl (C=O) groups is 2. The van der Waals surface area contributed by atoms with Gasteiger partial charge in [0.25, 0.3) is 0 Å². The summed E-state index contributed by atoms with van der Waals surface area (Å²) in [6, 6.07) is 33.9. The summed E-state index contributed by atoms with van der Waals surface area (Å²) in [5.74, 6) is -1.04. The number of fused-ring (bicyclic) bond motifs is 1. The molecule has 1 fully saturated rings. The van der Waals surface area contributed by atoms with Gasteiger partial charge in [-0.2, -0.15) is 5.10 Å². The number of hydrazone groups is 1. The Kier molecular flexibility index (Phi) is 4.85. The first-order valence-corrected chi connectivity index (χ1v) is 13.5. The van der Waals surface area contributed by atoms with E-state index in [1.807, 2.05) is 85.1 Å². The number of imidazole rings is 1. The number of nitrogens with one attached hydrogen (secondary N) is 2. The number of carbonyl (C=O) groups excluding carboxylic acids is 2. The fourth-order valence-corrected chi connectivity index (χ4v) is 7.23. The number of para-hydroxylation sites is 2. The molecule has 2 atom stereocenters. The standard InChI is InChI=1S/C33H25N5O2/c39-30-28-27-21-12-4-6-14-23(21)33(24-15-7-5-13-22(24)27,19-34-37-32-35-25-16-8-9-17-26(25)36-32)29(28)31(40)38(30)18-20-10-2-1-3-11-20/h1-17,19,27-29H,18H2,(H2,35,36,37)/b34-19+. The smallest absolute Gasteiger partial charge is 0.235 e. The van der Waals surface area contributed by atoms with Gasteiger partial charge in [0.1, 0.15) is 0 Å². The highest BCUT2D eigenvalue weighted by Crippen LogP contribution is 2.63. The fourth-order valence-electron chi connectivity index (χ4n) is 7.23. The third-order valence-electron chi connectivity index (χ3n) is 8.79. The number of anilines is 1. The molecule has 4 aliphatic rings. The van der Waals surface area contributed by atoms with E-state index in [2.05, 4.69) is 39.7 Å². The fraction of sp³-hybridized carbons (Fsp3) is 0.152. The number of imide groups is 1. The van der Waals surface area contributed by atoms with E-state index in [1.165, 1.54) is 4.90 Å². The summed E-state index contributed by atoms with van der Waals surface area (Å²) in [7, 11) is 0. The maximum absolute atomic E-state index is 14.3. The Morgan fingerprint density at radius 3 is 2.20 bits per heavy atom. The first-order chi connectivity index (χ1) is 19.7. The molecule has 0 radical (unpaired) electrons. The SMILES string of the molecule is O=C1C2C3c4ccccc4C(/C=N/Nc4nc5ccccc5[nH]4)(c4ccccc43)C2C(=O)N1Cc1ccccc1. The number of H-pyrrole nitrogens is 1. The quantitative estimate of drug-likeness (QED) is 0.188. The number of amides is 2. The largest absolute Gasteiger partial charge is 0.323 e. The minimum absolute atomic E-state index is 0.115. The molecule has 7 heteroatoms. The van der Waals surface area contributed by atoms with E-state index in [-0.39, 0.29) is 24.3 Å². The van der Waals surface area contributed by atoms with Crippen molar-refractivity contribution in [2.45, 2.75) is 17.9 Å². The van der Waals surface area contributed by atoms with Gasteiger partial charge in [-0.3, -0.25) is 14.5 Å². The molecule has 40 heavy (non-hydrogen) atoms. The molecule has 0 saturated carbocycles. The molecule has 0 spiro atoms. The number of likely N-dealkylation sites (tertiary alicyclic amines) is 1. The van der Waals surface area contributed by atoms with Gasteiger partial charge in [0.2, 0.25) is 17.8 Å². The van der Waals surface area contributed by atoms with Gasteiger partial charge in [0.15, 0.2) is 0 Å². The Bertz CT molecular complexity index is 1760. The van der Waals surface area contributed by atoms with Crippen molar-refractivity contribution in [1.29, 1.82) is 0 Å². The van der Waals surface area contributed by atoms with Crippen molar-refractivity contribution in [2.24, 2.45) is 16.9 Å². The predicted molar refractivity (Wildman–Crippen MR) is 153 cm³/mol. The van der Waals surface area contributed by atoms with Crippen molar-refractivity contribution < 1.29 is 9.59 Å². The van der Waals surface area contributed by atoms with Crippen LogP contribution in [0.4, 0.5) is 5.95 Å². The van der Waals surface area contributed by atoms with Gasteiger partial charge in [-0.05, 0) is 39.9 Å². The molecule has 5 aromatic rings. The van der Waals surface area contributed by atoms with Gasteiger partial charge < -0.3 is 4.98 Å². The summed E-state index contributed by atoms with van der Waals surface area (Å²) in [4.78, 5) is 37.7. The van der Waals surface area contributed by atoms with E-state index < -0.39 is 17.3 Å². The Hall–Kier alpha value is -5.04. The zero-order chi connectivity index (χ0) is 26.8. The number of nitrogens with zero attached hydrogens (tertiary/aromatic N) is 3. The van der Waals surface area contributed by atoms with Crippen molar-refractivity contribution in [1.82, 2.24) is 14.9 Å². The Morgan fingerprint density at radius 1 is 0.825 bits per heavy atom. The molecule has 1 aliphatic heterocycles. The van der Waals surface area contributed by atoms with Gasteiger partial charge in [-0.1, -0.05) is 91.0 Å². The van der Waals surface area contributed by atoms with Crippen LogP contribution in [-0.4, -0.2) is 32.9 Å². The maximum atomic E-state index is 14.3. The lowest BCUT2D eigenvalue weighted by molar-refractivity contribution is -0.140. The van der Waals surface area contributed by atoms with Crippen LogP contribution in [0.15, 0.2) is 108 Å². The third kappa shape index (κ3) is 3.06. The molecular weight excluding hydrogens is 498 g/mol. The van der Waals surface area contributed by atoms with Crippen LogP contribution in [0.1, 0.15) is 33.7 Å². The second-order valence-corrected chi connectivity index (χ2v) is 10.7. The zero-order valence-corrected chi connectivity index (χ0v) is 21.5. The molecule has 2 amide bonds. The van der Waals surface area contributed by atoms with Crippen LogP contribution in [0.25, 0.3) is 11.0 Å². The summed E-state index contributed by atoms with van der Waals surface area (Å²) < 4.78 is 0. The van der Waals surface area contributed by atoms with Crippen LogP contribution >= 0.6 is 0 Å². The molecule has 1 aromatic heterocycles. The van der Waals surface area contributed by atoms with E-state index in [4.69, 9.17) is 5.10 Å². The monoisotopic (exact) mass is 523 g/mol. The van der Waals surface area contributed by atoms with E-state index in [9.17, 15) is 9.59 Å². The van der Waals surface area contributed by atoms with E-state index in [0.29, 0.717) is 5.95 Å². The van der Waals surface area contributed by atoms with Crippen LogP contribution in [0, 0.1) is 11.8 Å². The average molecular weight is 524 g/mol. The van der Waals surface area contributed by atoms with Crippen LogP contribution in [0.2, 0.25) is 0 Å². The van der Waals surface area contributed by atoms with Crippen molar-refractivity contribution >= 4 is 35.0 Å². The second kappa shape index (κ2) is 8.48. The molecule has 194 valence electrons. The van der Waals surface area contributed by atoms with Crippen molar-refractivity contribution in [3.05, 3.63) is 131 Å². The normalized spacial score (nSPS) is 24.4. The van der Waals surface area contributed by atoms with Crippen LogP contribution in [-0.2, 0) is 21.5 Å². The Balaban J connectivity index is 1.28. The minimum atomic E-state index is -0.913. The number of aromatic amines is 1. The number of hydrogen-bond acceptors (Lipinski definition) is 5. The lowest BCUT2D eigenvalue weighted by Gasteiger charge is -2.52. The average Bonchev–Trinajstić information content (AvgIpc) is 3.52. The molecule has 9 rings (SSSR count). The summed E-state index contributed by atoms with van der Waals surface area (Å²) >= 11 is 0. The first-order valence-electron chi connectivity index (χ1n) is 13.5. The van der Waals surface area contributed by atoms with Gasteiger partial charge in [0, 0.05) is 12.1 Å². The number of rotatable bonds is 5. The lowest BCUT2D eigenvalue weighted by Crippen LogP contribution is -2.54. The molecule has 4 aromatic carbocycles. The zero-order valence-electron chi connectivity index (χ0n) is 21.5. The van der Waals surface area contributed by atoms with Gasteiger partial charge in [0.05, 0.1) is 34.8 Å². The van der Waals surface area contributed by atoms with Gasteiger partial charge in [-0.15, -0.1) is 0 Å². The van der Waals surface area contributed by atoms with E-state index >= 15 is 0 Å². The van der Waals surface area contributed by atoms with Crippen LogP contribution in [0.5, 0.6) is 0 Å². The van der Waals surface area contributed by atoms with Crippen molar-refractivity contribution in [2.75, 3.05) is 5.43 Å². The maximum Gasteiger partial charge on any atom is 0.235 e. The molecule has 2 bridgehead atoms. The summed E-state index contributed by atoms with van der Waals surface area (Å²) in [6.45, 7) is 0.259. The lowest BCUT2D eigenvalue weighted by atomic mass is 9.47. The highest BCUT2D eigenvalue weighted by Gasteiger charge is 2.67. The molecule has 2 N–H and O–H groups in total. The minimum Gasteiger partial charge on any atom is -0.323 e. The molecular formula is C33H25N5O2. The summed E-state index contributed by atoms with van der Waals surface area (Å²) in [5.41, 5.74) is 9.04. The highest BCUT2D eigenvalue weighted by atomic mass is 16.2. The Morgan fingerprint density at radius 2 is 1.48 bits per heavy atom. The highest BCUT2D eigenvalue weighted by molar-refractivity contribution is 6.11. The molecule has 1 saturated heterocycles. The second-order valence-electron chi connectivity index (χ2n) is 10.7. The van der Waals surface area contributed by atoms with E-state index in [1.54, 1.807) is 0 Å². The van der Waals surface area contributed by atoms with Crippen LogP contribution in [0.3, 0.4) is 0 Å². The van der Waals surface area contributed by atoms with Crippen molar-refractivity contribution in [3.63, 3.8) is 0 Å². The molecule has 2 heterocycles. The van der Waals surface area contributed by atoms with Crippen LogP contribution < -0.4 is 5.43 Å².